The van der Waals surface area contributed by atoms with E-state index in [2.05, 4.69) is 72.3 Å². The van der Waals surface area contributed by atoms with Crippen LogP contribution in [-0.4, -0.2) is 57.3 Å². The van der Waals surface area contributed by atoms with Crippen molar-refractivity contribution in [3.05, 3.63) is 65.7 Å². The van der Waals surface area contributed by atoms with Crippen LogP contribution in [0, 0.1) is 0 Å². The molecule has 0 radical (unpaired) electrons. The third-order valence-electron chi connectivity index (χ3n) is 5.96. The van der Waals surface area contributed by atoms with Crippen LogP contribution < -0.4 is 0 Å². The minimum absolute atomic E-state index is 0.0945. The summed E-state index contributed by atoms with van der Waals surface area (Å²) in [6.07, 6.45) is 0. The van der Waals surface area contributed by atoms with Crippen molar-refractivity contribution in [2.24, 2.45) is 0 Å². The first-order chi connectivity index (χ1) is 15.8. The molecule has 1 saturated heterocycles. The molecule has 4 rings (SSSR count). The van der Waals surface area contributed by atoms with Crippen LogP contribution in [0.2, 0.25) is 0 Å². The number of amides is 1. The number of piperazine rings is 1. The van der Waals surface area contributed by atoms with Gasteiger partial charge in [0.2, 0.25) is 11.8 Å². The van der Waals surface area contributed by atoms with E-state index in [1.54, 1.807) is 0 Å². The number of hydrogen-bond acceptors (Lipinski definition) is 6. The van der Waals surface area contributed by atoms with Gasteiger partial charge in [0, 0.05) is 38.3 Å². The van der Waals surface area contributed by atoms with Crippen molar-refractivity contribution in [1.82, 2.24) is 20.0 Å². The van der Waals surface area contributed by atoms with Crippen molar-refractivity contribution >= 4 is 17.7 Å². The Bertz CT molecular complexity index is 1050. The third kappa shape index (κ3) is 6.03. The highest BCUT2D eigenvalue weighted by molar-refractivity contribution is 8.00. The molecule has 2 aromatic carbocycles. The molecule has 0 saturated carbocycles. The molecule has 0 aliphatic carbocycles. The van der Waals surface area contributed by atoms with Crippen LogP contribution >= 0.6 is 11.8 Å². The van der Waals surface area contributed by atoms with E-state index >= 15 is 0 Å². The van der Waals surface area contributed by atoms with Crippen LogP contribution in [0.1, 0.15) is 38.8 Å². The van der Waals surface area contributed by atoms with E-state index < -0.39 is 0 Å². The van der Waals surface area contributed by atoms with Crippen LogP contribution in [0.4, 0.5) is 0 Å². The molecule has 1 amide bonds. The van der Waals surface area contributed by atoms with E-state index in [-0.39, 0.29) is 16.6 Å². The standard InChI is InChI=1S/C26H32N4O2S/c1-19(24(31)30-16-14-29(15-17-30)18-20-8-6-5-7-9-20)33-25-28-27-23(32-25)21-10-12-22(13-11-21)26(2,3)4/h5-13,19H,14-18H2,1-4H3. The van der Waals surface area contributed by atoms with Gasteiger partial charge >= 0.3 is 0 Å². The molecular weight excluding hydrogens is 432 g/mol. The SMILES string of the molecule is CC(Sc1nnc(-c2ccc(C(C)(C)C)cc2)o1)C(=O)N1CCN(Cc2ccccc2)CC1. The third-order valence-corrected chi connectivity index (χ3v) is 6.88. The molecule has 1 aromatic heterocycles. The second-order valence-electron chi connectivity index (χ2n) is 9.55. The summed E-state index contributed by atoms with van der Waals surface area (Å²) in [5.74, 6) is 0.598. The smallest absolute Gasteiger partial charge is 0.277 e. The first-order valence-corrected chi connectivity index (χ1v) is 12.3. The average molecular weight is 465 g/mol. The highest BCUT2D eigenvalue weighted by atomic mass is 32.2. The maximum absolute atomic E-state index is 13.0. The average Bonchev–Trinajstić information content (AvgIpc) is 3.28. The quantitative estimate of drug-likeness (QED) is 0.486. The Balaban J connectivity index is 1.29. The van der Waals surface area contributed by atoms with Crippen molar-refractivity contribution in [2.75, 3.05) is 26.2 Å². The van der Waals surface area contributed by atoms with E-state index in [9.17, 15) is 4.79 Å². The van der Waals surface area contributed by atoms with Crippen molar-refractivity contribution in [3.8, 4) is 11.5 Å². The zero-order chi connectivity index (χ0) is 23.4. The Labute approximate surface area is 200 Å². The van der Waals surface area contributed by atoms with Gasteiger partial charge in [-0.1, -0.05) is 75.0 Å². The molecule has 6 nitrogen and oxygen atoms in total. The minimum atomic E-state index is -0.276. The van der Waals surface area contributed by atoms with Crippen LogP contribution in [0.3, 0.4) is 0 Å². The summed E-state index contributed by atoms with van der Waals surface area (Å²) >= 11 is 1.33. The van der Waals surface area contributed by atoms with Gasteiger partial charge in [-0.25, -0.2) is 0 Å². The number of rotatable bonds is 6. The molecule has 1 fully saturated rings. The van der Waals surface area contributed by atoms with Crippen LogP contribution in [0.25, 0.3) is 11.5 Å². The zero-order valence-corrected chi connectivity index (χ0v) is 20.6. The fourth-order valence-corrected chi connectivity index (χ4v) is 4.68. The number of aromatic nitrogens is 2. The first kappa shape index (κ1) is 23.5. The maximum atomic E-state index is 13.0. The van der Waals surface area contributed by atoms with Gasteiger partial charge in [-0.05, 0) is 35.6 Å². The van der Waals surface area contributed by atoms with E-state index in [4.69, 9.17) is 4.42 Å². The van der Waals surface area contributed by atoms with Crippen molar-refractivity contribution in [2.45, 2.75) is 50.1 Å². The summed E-state index contributed by atoms with van der Waals surface area (Å²) in [4.78, 5) is 17.3. The van der Waals surface area contributed by atoms with Crippen molar-refractivity contribution in [1.29, 1.82) is 0 Å². The second kappa shape index (κ2) is 10.1. The van der Waals surface area contributed by atoms with Crippen LogP contribution in [0.15, 0.2) is 64.2 Å². The number of benzene rings is 2. The molecular formula is C26H32N4O2S. The molecule has 0 spiro atoms. The van der Waals surface area contributed by atoms with Gasteiger partial charge in [-0.2, -0.15) is 0 Å². The molecule has 2 heterocycles. The molecule has 1 atom stereocenters. The predicted molar refractivity (Wildman–Crippen MR) is 132 cm³/mol. The number of carbonyl (C=O) groups is 1. The Hall–Kier alpha value is -2.64. The first-order valence-electron chi connectivity index (χ1n) is 11.5. The Morgan fingerprint density at radius 1 is 1.00 bits per heavy atom. The van der Waals surface area contributed by atoms with Gasteiger partial charge in [0.1, 0.15) is 0 Å². The molecule has 3 aromatic rings. The normalized spacial score (nSPS) is 16.1. The van der Waals surface area contributed by atoms with E-state index in [1.165, 1.54) is 22.9 Å². The van der Waals surface area contributed by atoms with Crippen LogP contribution in [0.5, 0.6) is 0 Å². The van der Waals surface area contributed by atoms with Crippen molar-refractivity contribution in [3.63, 3.8) is 0 Å². The fourth-order valence-electron chi connectivity index (χ4n) is 3.91. The van der Waals surface area contributed by atoms with Crippen molar-refractivity contribution < 1.29 is 9.21 Å². The number of carbonyl (C=O) groups excluding carboxylic acids is 1. The summed E-state index contributed by atoms with van der Waals surface area (Å²) in [5, 5.41) is 8.49. The summed E-state index contributed by atoms with van der Waals surface area (Å²) in [6.45, 7) is 12.6. The number of nitrogens with zero attached hydrogens (tertiary/aromatic N) is 4. The van der Waals surface area contributed by atoms with E-state index in [0.717, 1.165) is 38.3 Å². The van der Waals surface area contributed by atoms with Crippen LogP contribution in [-0.2, 0) is 16.8 Å². The summed E-state index contributed by atoms with van der Waals surface area (Å²) in [6, 6.07) is 18.7. The minimum Gasteiger partial charge on any atom is -0.411 e. The summed E-state index contributed by atoms with van der Waals surface area (Å²) < 4.78 is 5.85. The molecule has 0 N–H and O–H groups in total. The molecule has 1 aliphatic heterocycles. The molecule has 0 bridgehead atoms. The maximum Gasteiger partial charge on any atom is 0.277 e. The predicted octanol–water partition coefficient (Wildman–Crippen LogP) is 4.86. The molecule has 7 heteroatoms. The van der Waals surface area contributed by atoms with Gasteiger partial charge in [0.05, 0.1) is 5.25 Å². The fraction of sp³-hybridized carbons (Fsp3) is 0.423. The zero-order valence-electron chi connectivity index (χ0n) is 19.8. The Morgan fingerprint density at radius 3 is 2.30 bits per heavy atom. The summed E-state index contributed by atoms with van der Waals surface area (Å²) in [5.41, 5.74) is 3.54. The Kier molecular flexibility index (Phi) is 7.20. The lowest BCUT2D eigenvalue weighted by Gasteiger charge is -2.35. The van der Waals surface area contributed by atoms with E-state index in [1.807, 2.05) is 30.0 Å². The molecule has 1 unspecified atom stereocenters. The second-order valence-corrected chi connectivity index (χ2v) is 10.8. The largest absolute Gasteiger partial charge is 0.411 e. The summed E-state index contributed by atoms with van der Waals surface area (Å²) in [7, 11) is 0. The highest BCUT2D eigenvalue weighted by Gasteiger charge is 2.27. The lowest BCUT2D eigenvalue weighted by molar-refractivity contribution is -0.132. The highest BCUT2D eigenvalue weighted by Crippen LogP contribution is 2.29. The van der Waals surface area contributed by atoms with Gasteiger partial charge in [0.15, 0.2) is 0 Å². The van der Waals surface area contributed by atoms with Gasteiger partial charge in [-0.15, -0.1) is 10.2 Å². The number of hydrogen-bond donors (Lipinski definition) is 0. The molecule has 33 heavy (non-hydrogen) atoms. The molecule has 174 valence electrons. The van der Waals surface area contributed by atoms with Gasteiger partial charge < -0.3 is 9.32 Å². The van der Waals surface area contributed by atoms with E-state index in [0.29, 0.717) is 11.1 Å². The lowest BCUT2D eigenvalue weighted by atomic mass is 9.87. The molecule has 1 aliphatic rings. The van der Waals surface area contributed by atoms with Gasteiger partial charge in [0.25, 0.3) is 5.22 Å². The van der Waals surface area contributed by atoms with Gasteiger partial charge in [-0.3, -0.25) is 9.69 Å². The Morgan fingerprint density at radius 2 is 1.67 bits per heavy atom. The number of thioether (sulfide) groups is 1. The lowest BCUT2D eigenvalue weighted by Crippen LogP contribution is -2.50. The monoisotopic (exact) mass is 464 g/mol. The topological polar surface area (TPSA) is 62.5 Å².